The van der Waals surface area contributed by atoms with E-state index >= 15 is 0 Å². The van der Waals surface area contributed by atoms with Gasteiger partial charge in [-0.3, -0.25) is 9.59 Å². The Labute approximate surface area is 189 Å². The van der Waals surface area contributed by atoms with Gasteiger partial charge in [0, 0.05) is 25.6 Å². The average molecular weight is 459 g/mol. The van der Waals surface area contributed by atoms with Crippen molar-refractivity contribution in [2.45, 2.75) is 30.6 Å². The predicted molar refractivity (Wildman–Crippen MR) is 122 cm³/mol. The van der Waals surface area contributed by atoms with Crippen LogP contribution < -0.4 is 10.1 Å². The van der Waals surface area contributed by atoms with Crippen molar-refractivity contribution in [2.24, 2.45) is 5.92 Å². The fraction of sp³-hybridized carbons (Fsp3) is 0.417. The number of carbonyl (C=O) groups is 2. The molecule has 0 radical (unpaired) electrons. The third kappa shape index (κ3) is 7.09. The monoisotopic (exact) mass is 458 g/mol. The zero-order valence-corrected chi connectivity index (χ0v) is 18.9. The summed E-state index contributed by atoms with van der Waals surface area (Å²) in [4.78, 5) is 26.9. The molecular weight excluding hydrogens is 428 g/mol. The number of piperidine rings is 1. The number of sulfone groups is 1. The van der Waals surface area contributed by atoms with Crippen molar-refractivity contribution in [3.8, 4) is 5.75 Å². The molecule has 1 N–H and O–H groups in total. The van der Waals surface area contributed by atoms with Crippen LogP contribution in [-0.4, -0.2) is 57.1 Å². The number of para-hydroxylation sites is 1. The van der Waals surface area contributed by atoms with E-state index in [1.807, 2.05) is 30.3 Å². The van der Waals surface area contributed by atoms with Gasteiger partial charge in [0.1, 0.15) is 5.75 Å². The molecule has 8 heteroatoms. The van der Waals surface area contributed by atoms with Crippen LogP contribution in [0.1, 0.15) is 25.7 Å². The molecule has 1 heterocycles. The van der Waals surface area contributed by atoms with Gasteiger partial charge in [-0.15, -0.1) is 0 Å². The summed E-state index contributed by atoms with van der Waals surface area (Å²) < 4.78 is 30.1. The van der Waals surface area contributed by atoms with E-state index in [0.29, 0.717) is 56.8 Å². The second-order valence-electron chi connectivity index (χ2n) is 7.84. The highest BCUT2D eigenvalue weighted by atomic mass is 32.2. The molecule has 0 aromatic heterocycles. The Morgan fingerprint density at radius 2 is 1.59 bits per heavy atom. The Bertz CT molecular complexity index is 972. The molecule has 0 unspecified atom stereocenters. The minimum absolute atomic E-state index is 0.00467. The quantitative estimate of drug-likeness (QED) is 0.553. The van der Waals surface area contributed by atoms with Crippen molar-refractivity contribution in [3.05, 3.63) is 60.7 Å². The van der Waals surface area contributed by atoms with E-state index in [-0.39, 0.29) is 23.5 Å². The van der Waals surface area contributed by atoms with E-state index in [1.54, 1.807) is 35.2 Å². The number of likely N-dealkylation sites (tertiary alicyclic amines) is 1. The number of carbonyl (C=O) groups excluding carboxylic acids is 2. The molecule has 0 aliphatic carbocycles. The third-order valence-electron chi connectivity index (χ3n) is 5.54. The van der Waals surface area contributed by atoms with E-state index in [1.165, 1.54) is 0 Å². The summed E-state index contributed by atoms with van der Waals surface area (Å²) in [5.41, 5.74) is 0. The molecule has 32 heavy (non-hydrogen) atoms. The van der Waals surface area contributed by atoms with Crippen molar-refractivity contribution in [2.75, 3.05) is 32.0 Å². The lowest BCUT2D eigenvalue weighted by molar-refractivity contribution is -0.136. The molecule has 1 aliphatic rings. The molecule has 172 valence electrons. The van der Waals surface area contributed by atoms with Crippen LogP contribution in [0, 0.1) is 5.92 Å². The average Bonchev–Trinajstić information content (AvgIpc) is 2.83. The van der Waals surface area contributed by atoms with Crippen molar-refractivity contribution in [3.63, 3.8) is 0 Å². The molecule has 1 fully saturated rings. The number of nitrogens with zero attached hydrogens (tertiary/aromatic N) is 1. The first kappa shape index (κ1) is 23.8. The minimum atomic E-state index is -3.33. The van der Waals surface area contributed by atoms with Crippen molar-refractivity contribution in [1.29, 1.82) is 0 Å². The molecule has 0 spiro atoms. The number of rotatable bonds is 10. The molecule has 2 aromatic rings. The summed E-state index contributed by atoms with van der Waals surface area (Å²) in [7, 11) is -3.33. The summed E-state index contributed by atoms with van der Waals surface area (Å²) in [5, 5.41) is 2.85. The number of hydrogen-bond acceptors (Lipinski definition) is 5. The van der Waals surface area contributed by atoms with E-state index < -0.39 is 9.84 Å². The summed E-state index contributed by atoms with van der Waals surface area (Å²) in [6.07, 6.45) is 1.89. The largest absolute Gasteiger partial charge is 0.493 e. The molecule has 7 nitrogen and oxygen atoms in total. The lowest BCUT2D eigenvalue weighted by atomic mass is 9.95. The molecule has 0 bridgehead atoms. The van der Waals surface area contributed by atoms with Gasteiger partial charge in [0.05, 0.1) is 23.7 Å². The molecule has 1 aliphatic heterocycles. The van der Waals surface area contributed by atoms with Crippen LogP contribution in [-0.2, 0) is 19.4 Å². The Morgan fingerprint density at radius 3 is 2.25 bits per heavy atom. The summed E-state index contributed by atoms with van der Waals surface area (Å²) in [6.45, 7) is 1.74. The zero-order valence-electron chi connectivity index (χ0n) is 18.1. The van der Waals surface area contributed by atoms with Gasteiger partial charge in [-0.05, 0) is 43.5 Å². The van der Waals surface area contributed by atoms with Gasteiger partial charge in [-0.1, -0.05) is 36.4 Å². The fourth-order valence-corrected chi connectivity index (χ4v) is 5.02. The third-order valence-corrected chi connectivity index (χ3v) is 7.35. The number of hydrogen-bond donors (Lipinski definition) is 1. The molecule has 3 rings (SSSR count). The van der Waals surface area contributed by atoms with E-state index in [0.717, 1.165) is 5.75 Å². The van der Waals surface area contributed by atoms with Gasteiger partial charge in [0.2, 0.25) is 11.8 Å². The maximum atomic E-state index is 12.4. The van der Waals surface area contributed by atoms with Crippen LogP contribution in [0.25, 0.3) is 0 Å². The Kier molecular flexibility index (Phi) is 8.67. The maximum Gasteiger partial charge on any atom is 0.225 e. The highest BCUT2D eigenvalue weighted by Crippen LogP contribution is 2.18. The maximum absolute atomic E-state index is 12.4. The topological polar surface area (TPSA) is 92.8 Å². The van der Waals surface area contributed by atoms with Gasteiger partial charge in [-0.25, -0.2) is 8.42 Å². The summed E-state index contributed by atoms with van der Waals surface area (Å²) in [6, 6.07) is 17.7. The molecule has 0 saturated carbocycles. The highest BCUT2D eigenvalue weighted by Gasteiger charge is 2.27. The second kappa shape index (κ2) is 11.7. The first-order valence-electron chi connectivity index (χ1n) is 11.0. The van der Waals surface area contributed by atoms with Crippen LogP contribution in [0.4, 0.5) is 0 Å². The number of benzene rings is 2. The number of nitrogens with one attached hydrogen (secondary N) is 1. The molecule has 2 amide bonds. The highest BCUT2D eigenvalue weighted by molar-refractivity contribution is 7.91. The summed E-state index contributed by atoms with van der Waals surface area (Å²) in [5.74, 6) is 0.556. The standard InChI is InChI=1S/C24H30N2O5S/c27-23(14-18-31-21-8-3-1-4-9-21)26-16-12-20(13-17-26)24(28)25-15-7-19-32(29,30)22-10-5-2-6-11-22/h1-6,8-11,20H,7,12-19H2,(H,25,28). The van der Waals surface area contributed by atoms with Crippen molar-refractivity contribution < 1.29 is 22.7 Å². The number of amides is 2. The van der Waals surface area contributed by atoms with Crippen molar-refractivity contribution in [1.82, 2.24) is 10.2 Å². The lowest BCUT2D eigenvalue weighted by Gasteiger charge is -2.31. The van der Waals surface area contributed by atoms with E-state index in [9.17, 15) is 18.0 Å². The van der Waals surface area contributed by atoms with E-state index in [2.05, 4.69) is 5.32 Å². The van der Waals surface area contributed by atoms with Crippen LogP contribution in [0.2, 0.25) is 0 Å². The van der Waals surface area contributed by atoms with Crippen LogP contribution in [0.3, 0.4) is 0 Å². The van der Waals surface area contributed by atoms with Gasteiger partial charge in [0.15, 0.2) is 9.84 Å². The molecule has 1 saturated heterocycles. The van der Waals surface area contributed by atoms with Gasteiger partial charge in [0.25, 0.3) is 0 Å². The van der Waals surface area contributed by atoms with Gasteiger partial charge < -0.3 is 15.0 Å². The summed E-state index contributed by atoms with van der Waals surface area (Å²) >= 11 is 0. The molecule has 2 aromatic carbocycles. The zero-order chi connectivity index (χ0) is 22.8. The first-order valence-corrected chi connectivity index (χ1v) is 12.6. The van der Waals surface area contributed by atoms with Gasteiger partial charge in [-0.2, -0.15) is 0 Å². The minimum Gasteiger partial charge on any atom is -0.493 e. The number of ether oxygens (including phenoxy) is 1. The SMILES string of the molecule is O=C(NCCCS(=O)(=O)c1ccccc1)C1CCN(C(=O)CCOc2ccccc2)CC1. The first-order chi connectivity index (χ1) is 15.5. The normalized spacial score (nSPS) is 14.7. The van der Waals surface area contributed by atoms with Crippen molar-refractivity contribution >= 4 is 21.7 Å². The smallest absolute Gasteiger partial charge is 0.225 e. The Balaban J connectivity index is 1.31. The van der Waals surface area contributed by atoms with Crippen LogP contribution in [0.15, 0.2) is 65.6 Å². The lowest BCUT2D eigenvalue weighted by Crippen LogP contribution is -2.43. The Hall–Kier alpha value is -2.87. The van der Waals surface area contributed by atoms with Gasteiger partial charge >= 0.3 is 0 Å². The van der Waals surface area contributed by atoms with E-state index in [4.69, 9.17) is 4.74 Å². The van der Waals surface area contributed by atoms with Crippen LogP contribution in [0.5, 0.6) is 5.75 Å². The predicted octanol–water partition coefficient (Wildman–Crippen LogP) is 2.67. The fourth-order valence-electron chi connectivity index (χ4n) is 3.69. The van der Waals surface area contributed by atoms with Crippen LogP contribution >= 0.6 is 0 Å². The second-order valence-corrected chi connectivity index (χ2v) is 9.95. The molecule has 0 atom stereocenters. The molecular formula is C24H30N2O5S. The Morgan fingerprint density at radius 1 is 0.969 bits per heavy atom.